The Morgan fingerprint density at radius 2 is 1.85 bits per heavy atom. The summed E-state index contributed by atoms with van der Waals surface area (Å²) in [4.78, 5) is 13.4. The molecule has 0 aromatic heterocycles. The molecule has 0 aliphatic heterocycles. The van der Waals surface area contributed by atoms with Crippen LogP contribution in [0, 0.1) is 5.41 Å². The van der Waals surface area contributed by atoms with Gasteiger partial charge in [-0.05, 0) is 25.8 Å². The standard InChI is InChI=1S/C11H23NO/c1-7-10(9(2)13)12(6)8-11(3,4)5/h10H,7-8H2,1-6H3/t10-/m0/s1. The fourth-order valence-electron chi connectivity index (χ4n) is 1.77. The Bertz CT molecular complexity index is 169. The Morgan fingerprint density at radius 1 is 1.38 bits per heavy atom. The van der Waals surface area contributed by atoms with E-state index in [2.05, 4.69) is 32.6 Å². The maximum atomic E-state index is 11.3. The third kappa shape index (κ3) is 5.04. The highest BCUT2D eigenvalue weighted by molar-refractivity contribution is 5.81. The Balaban J connectivity index is 4.22. The molecule has 2 heteroatoms. The lowest BCUT2D eigenvalue weighted by atomic mass is 9.95. The number of rotatable bonds is 4. The minimum absolute atomic E-state index is 0.0965. The molecule has 0 aromatic carbocycles. The van der Waals surface area contributed by atoms with Gasteiger partial charge in [0, 0.05) is 6.54 Å². The number of carbonyl (C=O) groups is 1. The van der Waals surface area contributed by atoms with Gasteiger partial charge in [0.05, 0.1) is 6.04 Å². The van der Waals surface area contributed by atoms with Crippen molar-refractivity contribution in [3.05, 3.63) is 0 Å². The Morgan fingerprint density at radius 3 is 2.08 bits per heavy atom. The topological polar surface area (TPSA) is 20.3 Å². The van der Waals surface area contributed by atoms with Crippen molar-refractivity contribution in [1.82, 2.24) is 4.90 Å². The zero-order chi connectivity index (χ0) is 10.6. The highest BCUT2D eigenvalue weighted by Gasteiger charge is 2.21. The van der Waals surface area contributed by atoms with Crippen LogP contribution in [0.1, 0.15) is 41.0 Å². The third-order valence-corrected chi connectivity index (χ3v) is 2.11. The van der Waals surface area contributed by atoms with Crippen molar-refractivity contribution in [2.45, 2.75) is 47.1 Å². The van der Waals surface area contributed by atoms with Gasteiger partial charge in [0.2, 0.25) is 0 Å². The second-order valence-electron chi connectivity index (χ2n) is 5.01. The van der Waals surface area contributed by atoms with E-state index in [-0.39, 0.29) is 17.2 Å². The van der Waals surface area contributed by atoms with E-state index in [0.717, 1.165) is 13.0 Å². The first-order valence-corrected chi connectivity index (χ1v) is 4.98. The summed E-state index contributed by atoms with van der Waals surface area (Å²) < 4.78 is 0. The van der Waals surface area contributed by atoms with E-state index in [1.54, 1.807) is 6.92 Å². The van der Waals surface area contributed by atoms with Gasteiger partial charge >= 0.3 is 0 Å². The highest BCUT2D eigenvalue weighted by atomic mass is 16.1. The highest BCUT2D eigenvalue weighted by Crippen LogP contribution is 2.16. The van der Waals surface area contributed by atoms with Crippen molar-refractivity contribution in [3.63, 3.8) is 0 Å². The molecule has 0 heterocycles. The van der Waals surface area contributed by atoms with Gasteiger partial charge in [-0.2, -0.15) is 0 Å². The van der Waals surface area contributed by atoms with Gasteiger partial charge in [-0.15, -0.1) is 0 Å². The van der Waals surface area contributed by atoms with Crippen LogP contribution in [0.2, 0.25) is 0 Å². The molecule has 0 amide bonds. The molecule has 1 atom stereocenters. The van der Waals surface area contributed by atoms with E-state index < -0.39 is 0 Å². The van der Waals surface area contributed by atoms with Gasteiger partial charge in [-0.3, -0.25) is 9.69 Å². The monoisotopic (exact) mass is 185 g/mol. The van der Waals surface area contributed by atoms with Crippen LogP contribution < -0.4 is 0 Å². The fourth-order valence-corrected chi connectivity index (χ4v) is 1.77. The van der Waals surface area contributed by atoms with E-state index in [0.29, 0.717) is 0 Å². The van der Waals surface area contributed by atoms with Crippen LogP contribution in [0.3, 0.4) is 0 Å². The lowest BCUT2D eigenvalue weighted by Gasteiger charge is -2.31. The summed E-state index contributed by atoms with van der Waals surface area (Å²) in [6.45, 7) is 11.3. The number of hydrogen-bond acceptors (Lipinski definition) is 2. The van der Waals surface area contributed by atoms with Crippen molar-refractivity contribution in [2.24, 2.45) is 5.41 Å². The van der Waals surface area contributed by atoms with Gasteiger partial charge < -0.3 is 0 Å². The molecular weight excluding hydrogens is 162 g/mol. The first kappa shape index (κ1) is 12.6. The van der Waals surface area contributed by atoms with Crippen LogP contribution in [0.15, 0.2) is 0 Å². The van der Waals surface area contributed by atoms with Gasteiger partial charge in [0.15, 0.2) is 0 Å². The molecule has 2 nitrogen and oxygen atoms in total. The van der Waals surface area contributed by atoms with Crippen LogP contribution in [-0.2, 0) is 4.79 Å². The van der Waals surface area contributed by atoms with Crippen LogP contribution in [-0.4, -0.2) is 30.3 Å². The van der Waals surface area contributed by atoms with E-state index in [4.69, 9.17) is 0 Å². The molecule has 0 spiro atoms. The van der Waals surface area contributed by atoms with Crippen LogP contribution in [0.4, 0.5) is 0 Å². The largest absolute Gasteiger partial charge is 0.298 e. The molecule has 0 aromatic rings. The van der Waals surface area contributed by atoms with Crippen molar-refractivity contribution in [3.8, 4) is 0 Å². The van der Waals surface area contributed by atoms with E-state index >= 15 is 0 Å². The number of likely N-dealkylation sites (N-methyl/N-ethyl adjacent to an activating group) is 1. The number of ketones is 1. The molecule has 0 saturated carbocycles. The quantitative estimate of drug-likeness (QED) is 0.670. The Hall–Kier alpha value is -0.370. The molecule has 0 radical (unpaired) electrons. The first-order valence-electron chi connectivity index (χ1n) is 4.98. The molecule has 13 heavy (non-hydrogen) atoms. The summed E-state index contributed by atoms with van der Waals surface area (Å²) in [6, 6.07) is 0.0965. The van der Waals surface area contributed by atoms with Gasteiger partial charge in [-0.1, -0.05) is 27.7 Å². The summed E-state index contributed by atoms with van der Waals surface area (Å²) in [5, 5.41) is 0. The van der Waals surface area contributed by atoms with E-state index in [1.807, 2.05) is 7.05 Å². The van der Waals surface area contributed by atoms with E-state index in [1.165, 1.54) is 0 Å². The molecule has 0 aliphatic rings. The molecule has 0 N–H and O–H groups in total. The number of carbonyl (C=O) groups excluding carboxylic acids is 1. The maximum Gasteiger partial charge on any atom is 0.146 e. The third-order valence-electron chi connectivity index (χ3n) is 2.11. The molecule has 0 unspecified atom stereocenters. The average molecular weight is 185 g/mol. The summed E-state index contributed by atoms with van der Waals surface area (Å²) in [5.74, 6) is 0.272. The predicted molar refractivity (Wildman–Crippen MR) is 56.8 cm³/mol. The van der Waals surface area contributed by atoms with Crippen molar-refractivity contribution in [2.75, 3.05) is 13.6 Å². The summed E-state index contributed by atoms with van der Waals surface area (Å²) in [7, 11) is 2.03. The lowest BCUT2D eigenvalue weighted by molar-refractivity contribution is -0.122. The van der Waals surface area contributed by atoms with Gasteiger partial charge in [0.25, 0.3) is 0 Å². The zero-order valence-corrected chi connectivity index (χ0v) is 9.85. The first-order chi connectivity index (χ1) is 5.78. The zero-order valence-electron chi connectivity index (χ0n) is 9.85. The number of Topliss-reactive ketones (excluding diaryl/α,β-unsaturated/α-hetero) is 1. The molecular formula is C11H23NO. The average Bonchev–Trinajstić information content (AvgIpc) is 1.82. The summed E-state index contributed by atoms with van der Waals surface area (Å²) >= 11 is 0. The molecule has 0 saturated heterocycles. The Kier molecular flexibility index (Phi) is 4.62. The second-order valence-corrected chi connectivity index (χ2v) is 5.01. The van der Waals surface area contributed by atoms with Crippen LogP contribution >= 0.6 is 0 Å². The lowest BCUT2D eigenvalue weighted by Crippen LogP contribution is -2.41. The molecule has 0 bridgehead atoms. The fraction of sp³-hybridized carbons (Fsp3) is 0.909. The minimum Gasteiger partial charge on any atom is -0.298 e. The predicted octanol–water partition coefficient (Wildman–Crippen LogP) is 2.33. The van der Waals surface area contributed by atoms with Crippen molar-refractivity contribution in [1.29, 1.82) is 0 Å². The van der Waals surface area contributed by atoms with E-state index in [9.17, 15) is 4.79 Å². The molecule has 0 fully saturated rings. The second kappa shape index (κ2) is 4.75. The molecule has 0 rings (SSSR count). The summed E-state index contributed by atoms with van der Waals surface area (Å²) in [5.41, 5.74) is 0.262. The van der Waals surface area contributed by atoms with Crippen molar-refractivity contribution < 1.29 is 4.79 Å². The van der Waals surface area contributed by atoms with Gasteiger partial charge in [0.1, 0.15) is 5.78 Å². The SMILES string of the molecule is CC[C@@H](C(C)=O)N(C)CC(C)(C)C. The smallest absolute Gasteiger partial charge is 0.146 e. The molecule has 78 valence electrons. The van der Waals surface area contributed by atoms with Crippen LogP contribution in [0.5, 0.6) is 0 Å². The minimum atomic E-state index is 0.0965. The Labute approximate surface area is 82.3 Å². The maximum absolute atomic E-state index is 11.3. The summed E-state index contributed by atoms with van der Waals surface area (Å²) in [6.07, 6.45) is 0.905. The van der Waals surface area contributed by atoms with Crippen molar-refractivity contribution >= 4 is 5.78 Å². The number of hydrogen-bond donors (Lipinski definition) is 0. The van der Waals surface area contributed by atoms with Crippen LogP contribution in [0.25, 0.3) is 0 Å². The normalized spacial score (nSPS) is 14.7. The number of nitrogens with zero attached hydrogens (tertiary/aromatic N) is 1. The van der Waals surface area contributed by atoms with Gasteiger partial charge in [-0.25, -0.2) is 0 Å². The molecule has 0 aliphatic carbocycles.